The molecule has 1 aliphatic heterocycles. The fourth-order valence-corrected chi connectivity index (χ4v) is 3.45. The average molecular weight is 287 g/mol. The third-order valence-corrected chi connectivity index (χ3v) is 4.85. The lowest BCUT2D eigenvalue weighted by Crippen LogP contribution is -2.50. The lowest BCUT2D eigenvalue weighted by atomic mass is 10.2. The van der Waals surface area contributed by atoms with Crippen LogP contribution in [0.5, 0.6) is 0 Å². The number of hydrogen-bond donors (Lipinski definition) is 2. The van der Waals surface area contributed by atoms with Gasteiger partial charge in [-0.2, -0.15) is 4.31 Å². The number of rotatable bonds is 3. The fraction of sp³-hybridized carbons (Fsp3) is 0.600. The maximum Gasteiger partial charge on any atom is 0.246 e. The maximum absolute atomic E-state index is 12.5. The second-order valence-corrected chi connectivity index (χ2v) is 6.34. The van der Waals surface area contributed by atoms with Crippen LogP contribution in [0, 0.1) is 0 Å². The minimum atomic E-state index is -3.61. The molecule has 1 fully saturated rings. The topological polar surface area (TPSA) is 110 Å². The van der Waals surface area contributed by atoms with Crippen molar-refractivity contribution in [3.05, 3.63) is 12.4 Å². The number of nitrogen functional groups attached to an aromatic ring is 1. The molecule has 0 aliphatic carbocycles. The van der Waals surface area contributed by atoms with Crippen molar-refractivity contribution in [2.24, 2.45) is 5.84 Å². The van der Waals surface area contributed by atoms with E-state index in [1.54, 1.807) is 6.92 Å². The van der Waals surface area contributed by atoms with Crippen LogP contribution in [0.25, 0.3) is 0 Å². The van der Waals surface area contributed by atoms with Gasteiger partial charge in [-0.3, -0.25) is 5.43 Å². The van der Waals surface area contributed by atoms with Gasteiger partial charge in [-0.1, -0.05) is 0 Å². The molecule has 106 valence electrons. The monoisotopic (exact) mass is 287 g/mol. The fourth-order valence-electron chi connectivity index (χ4n) is 1.87. The molecule has 0 saturated carbocycles. The first-order valence-electron chi connectivity index (χ1n) is 5.87. The number of morpholine rings is 1. The van der Waals surface area contributed by atoms with Gasteiger partial charge in [-0.15, -0.1) is 0 Å². The van der Waals surface area contributed by atoms with Gasteiger partial charge in [0.1, 0.15) is 4.90 Å². The molecule has 0 aromatic carbocycles. The van der Waals surface area contributed by atoms with Crippen LogP contribution in [0.4, 0.5) is 5.95 Å². The first-order chi connectivity index (χ1) is 8.95. The third kappa shape index (κ3) is 2.84. The molecule has 1 saturated heterocycles. The van der Waals surface area contributed by atoms with Crippen LogP contribution in [0.1, 0.15) is 13.8 Å². The number of anilines is 1. The summed E-state index contributed by atoms with van der Waals surface area (Å²) >= 11 is 0. The summed E-state index contributed by atoms with van der Waals surface area (Å²) in [6.45, 7) is 4.34. The van der Waals surface area contributed by atoms with E-state index in [0.29, 0.717) is 13.2 Å². The quantitative estimate of drug-likeness (QED) is 0.572. The van der Waals surface area contributed by atoms with Gasteiger partial charge >= 0.3 is 0 Å². The molecule has 19 heavy (non-hydrogen) atoms. The van der Waals surface area contributed by atoms with E-state index >= 15 is 0 Å². The van der Waals surface area contributed by atoms with Gasteiger partial charge in [0.25, 0.3) is 0 Å². The highest BCUT2D eigenvalue weighted by Gasteiger charge is 2.34. The number of sulfonamides is 1. The molecule has 2 heterocycles. The summed E-state index contributed by atoms with van der Waals surface area (Å²) in [5.41, 5.74) is 2.25. The Hall–Kier alpha value is -1.29. The van der Waals surface area contributed by atoms with Crippen LogP contribution >= 0.6 is 0 Å². The zero-order chi connectivity index (χ0) is 14.0. The number of nitrogens with zero attached hydrogens (tertiary/aromatic N) is 3. The molecule has 0 radical (unpaired) electrons. The van der Waals surface area contributed by atoms with E-state index in [4.69, 9.17) is 10.6 Å². The van der Waals surface area contributed by atoms with Crippen molar-refractivity contribution in [2.45, 2.75) is 30.9 Å². The van der Waals surface area contributed by atoms with Gasteiger partial charge in [-0.05, 0) is 13.8 Å². The van der Waals surface area contributed by atoms with Crippen molar-refractivity contribution in [1.82, 2.24) is 14.3 Å². The van der Waals surface area contributed by atoms with E-state index in [2.05, 4.69) is 15.4 Å². The molecule has 9 heteroatoms. The molecule has 2 rings (SSSR count). The number of nitrogens with two attached hydrogens (primary N) is 1. The molecule has 0 amide bonds. The van der Waals surface area contributed by atoms with Crippen molar-refractivity contribution in [2.75, 3.05) is 18.6 Å². The number of hydrazine groups is 1. The summed E-state index contributed by atoms with van der Waals surface area (Å²) in [6.07, 6.45) is 2.35. The minimum Gasteiger partial charge on any atom is -0.375 e. The molecule has 8 nitrogen and oxygen atoms in total. The van der Waals surface area contributed by atoms with E-state index in [0.717, 1.165) is 0 Å². The standard InChI is InChI=1S/C10H17N5O3S/c1-7-6-18-8(2)5-15(7)19(16,17)9-3-12-10(14-11)13-4-9/h3-4,7-8H,5-6,11H2,1-2H3,(H,12,13,14). The Morgan fingerprint density at radius 2 is 2.05 bits per heavy atom. The molecule has 1 aliphatic rings. The number of nitrogens with one attached hydrogen (secondary N) is 1. The molecule has 2 atom stereocenters. The SMILES string of the molecule is CC1CN(S(=O)(=O)c2cnc(NN)nc2)C(C)CO1. The van der Waals surface area contributed by atoms with E-state index < -0.39 is 10.0 Å². The predicted molar refractivity (Wildman–Crippen MR) is 68.6 cm³/mol. The molecule has 1 aromatic rings. The predicted octanol–water partition coefficient (Wildman–Crippen LogP) is -0.440. The summed E-state index contributed by atoms with van der Waals surface area (Å²) in [7, 11) is -3.61. The van der Waals surface area contributed by atoms with Crippen LogP contribution in [0.15, 0.2) is 17.3 Å². The van der Waals surface area contributed by atoms with Crippen LogP contribution in [-0.4, -0.2) is 48.0 Å². The van der Waals surface area contributed by atoms with Crippen molar-refractivity contribution in [1.29, 1.82) is 0 Å². The van der Waals surface area contributed by atoms with Crippen LogP contribution in [-0.2, 0) is 14.8 Å². The zero-order valence-corrected chi connectivity index (χ0v) is 11.6. The highest BCUT2D eigenvalue weighted by molar-refractivity contribution is 7.89. The molecular formula is C10H17N5O3S. The van der Waals surface area contributed by atoms with Gasteiger partial charge in [0.15, 0.2) is 0 Å². The first-order valence-corrected chi connectivity index (χ1v) is 7.31. The Morgan fingerprint density at radius 3 is 2.63 bits per heavy atom. The molecule has 3 N–H and O–H groups in total. The van der Waals surface area contributed by atoms with Crippen LogP contribution in [0.2, 0.25) is 0 Å². The Labute approximate surface area is 112 Å². The number of aromatic nitrogens is 2. The second kappa shape index (κ2) is 5.37. The normalized spacial score (nSPS) is 25.2. The van der Waals surface area contributed by atoms with Crippen molar-refractivity contribution in [3.63, 3.8) is 0 Å². The summed E-state index contributed by atoms with van der Waals surface area (Å²) < 4.78 is 31.8. The lowest BCUT2D eigenvalue weighted by molar-refractivity contribution is -0.0170. The Kier molecular flexibility index (Phi) is 3.99. The average Bonchev–Trinajstić information content (AvgIpc) is 2.41. The highest BCUT2D eigenvalue weighted by Crippen LogP contribution is 2.21. The van der Waals surface area contributed by atoms with Gasteiger partial charge < -0.3 is 4.74 Å². The molecule has 2 unspecified atom stereocenters. The largest absolute Gasteiger partial charge is 0.375 e. The molecule has 1 aromatic heterocycles. The van der Waals surface area contributed by atoms with Gasteiger partial charge in [0, 0.05) is 12.6 Å². The molecular weight excluding hydrogens is 270 g/mol. The van der Waals surface area contributed by atoms with E-state index in [1.807, 2.05) is 6.92 Å². The van der Waals surface area contributed by atoms with E-state index in [9.17, 15) is 8.42 Å². The Bertz CT molecular complexity index is 533. The Morgan fingerprint density at radius 1 is 1.42 bits per heavy atom. The summed E-state index contributed by atoms with van der Waals surface area (Å²) in [4.78, 5) is 7.68. The van der Waals surface area contributed by atoms with Gasteiger partial charge in [-0.25, -0.2) is 24.2 Å². The number of ether oxygens (including phenoxy) is 1. The summed E-state index contributed by atoms with van der Waals surface area (Å²) in [6, 6.07) is -0.214. The van der Waals surface area contributed by atoms with Gasteiger partial charge in [0.2, 0.25) is 16.0 Å². The third-order valence-electron chi connectivity index (χ3n) is 2.91. The lowest BCUT2D eigenvalue weighted by Gasteiger charge is -2.35. The van der Waals surface area contributed by atoms with Crippen LogP contribution in [0.3, 0.4) is 0 Å². The molecule has 0 bridgehead atoms. The molecule has 0 spiro atoms. The highest BCUT2D eigenvalue weighted by atomic mass is 32.2. The minimum absolute atomic E-state index is 0.0486. The van der Waals surface area contributed by atoms with E-state index in [-0.39, 0.29) is 23.0 Å². The van der Waals surface area contributed by atoms with Crippen molar-refractivity contribution >= 4 is 16.0 Å². The maximum atomic E-state index is 12.5. The van der Waals surface area contributed by atoms with E-state index in [1.165, 1.54) is 16.7 Å². The second-order valence-electron chi connectivity index (χ2n) is 4.45. The summed E-state index contributed by atoms with van der Waals surface area (Å²) in [5, 5.41) is 0. The smallest absolute Gasteiger partial charge is 0.246 e. The Balaban J connectivity index is 2.29. The van der Waals surface area contributed by atoms with Crippen LogP contribution < -0.4 is 11.3 Å². The summed E-state index contributed by atoms with van der Waals surface area (Å²) in [5.74, 6) is 5.31. The zero-order valence-electron chi connectivity index (χ0n) is 10.8. The van der Waals surface area contributed by atoms with Crippen molar-refractivity contribution < 1.29 is 13.2 Å². The number of hydrogen-bond acceptors (Lipinski definition) is 7. The first kappa shape index (κ1) is 14.1. The van der Waals surface area contributed by atoms with Crippen molar-refractivity contribution in [3.8, 4) is 0 Å². The van der Waals surface area contributed by atoms with Gasteiger partial charge in [0.05, 0.1) is 25.1 Å².